The monoisotopic (exact) mass is 345 g/mol. The van der Waals surface area contributed by atoms with Gasteiger partial charge in [0.1, 0.15) is 15.9 Å². The van der Waals surface area contributed by atoms with Crippen molar-refractivity contribution in [2.75, 3.05) is 0 Å². The number of benzene rings is 2. The molecule has 1 aromatic heterocycles. The molecule has 7 heteroatoms. The molecule has 0 fully saturated rings. The van der Waals surface area contributed by atoms with Crippen molar-refractivity contribution < 1.29 is 8.42 Å². The number of fused-ring (bicyclic) bond motifs is 2. The predicted molar refractivity (Wildman–Crippen MR) is 89.9 cm³/mol. The summed E-state index contributed by atoms with van der Waals surface area (Å²) in [7, 11) is -3.64. The van der Waals surface area contributed by atoms with Crippen LogP contribution in [0.1, 0.15) is 30.0 Å². The molecule has 0 saturated heterocycles. The fraction of sp³-hybridized carbons (Fsp3) is 0.250. The van der Waals surface area contributed by atoms with Crippen LogP contribution in [0.3, 0.4) is 0 Å². The van der Waals surface area contributed by atoms with Crippen LogP contribution in [0.15, 0.2) is 47.4 Å². The normalized spacial score (nSPS) is 18.0. The lowest BCUT2D eigenvalue weighted by atomic mass is 9.88. The minimum atomic E-state index is -3.64. The van der Waals surface area contributed by atoms with Gasteiger partial charge in [-0.15, -0.1) is 0 Å². The molecule has 1 unspecified atom stereocenters. The second kappa shape index (κ2) is 5.67. The molecule has 0 radical (unpaired) electrons. The van der Waals surface area contributed by atoms with Crippen LogP contribution >= 0.6 is 11.7 Å². The van der Waals surface area contributed by atoms with Gasteiger partial charge in [-0.2, -0.15) is 8.75 Å². The number of nitrogens with one attached hydrogen (secondary N) is 1. The van der Waals surface area contributed by atoms with Crippen LogP contribution in [0, 0.1) is 0 Å². The Morgan fingerprint density at radius 2 is 1.96 bits per heavy atom. The maximum absolute atomic E-state index is 12.8. The van der Waals surface area contributed by atoms with Crippen molar-refractivity contribution in [3.05, 3.63) is 53.6 Å². The second-order valence-corrected chi connectivity index (χ2v) is 7.86. The van der Waals surface area contributed by atoms with Crippen molar-refractivity contribution in [1.29, 1.82) is 0 Å². The number of hydrogen-bond donors (Lipinski definition) is 1. The Kier molecular flexibility index (Phi) is 3.63. The highest BCUT2D eigenvalue weighted by molar-refractivity contribution is 7.89. The van der Waals surface area contributed by atoms with Gasteiger partial charge in [-0.05, 0) is 42.5 Å². The van der Waals surface area contributed by atoms with E-state index in [0.717, 1.165) is 36.6 Å². The summed E-state index contributed by atoms with van der Waals surface area (Å²) in [6, 6.07) is 12.9. The van der Waals surface area contributed by atoms with Crippen molar-refractivity contribution in [1.82, 2.24) is 13.5 Å². The topological polar surface area (TPSA) is 72.0 Å². The Bertz CT molecular complexity index is 966. The Balaban J connectivity index is 1.73. The Hall–Kier alpha value is -1.83. The molecular formula is C16H15N3O2S2. The van der Waals surface area contributed by atoms with Gasteiger partial charge in [0.05, 0.1) is 11.7 Å². The van der Waals surface area contributed by atoms with Crippen molar-refractivity contribution in [3.63, 3.8) is 0 Å². The average molecular weight is 345 g/mol. The third-order valence-electron chi connectivity index (χ3n) is 4.21. The zero-order valence-corrected chi connectivity index (χ0v) is 13.9. The van der Waals surface area contributed by atoms with E-state index in [1.807, 2.05) is 18.2 Å². The number of sulfonamides is 1. The molecule has 4 rings (SSSR count). The SMILES string of the molecule is O=S(=O)(NC1CCCc2ccccc21)c1cccc2nsnc12. The molecule has 1 atom stereocenters. The zero-order chi connectivity index (χ0) is 15.9. The molecule has 1 N–H and O–H groups in total. The van der Waals surface area contributed by atoms with Crippen LogP contribution < -0.4 is 4.72 Å². The standard InChI is InChI=1S/C16H15N3O2S2/c20-23(21,15-10-4-9-14-16(15)18-22-17-14)19-13-8-3-6-11-5-1-2-7-12(11)13/h1-2,4-5,7,9-10,13,19H,3,6,8H2. The molecule has 3 aromatic rings. The summed E-state index contributed by atoms with van der Waals surface area (Å²) in [5.74, 6) is 0. The molecule has 0 aliphatic heterocycles. The number of nitrogens with zero attached hydrogens (tertiary/aromatic N) is 2. The van der Waals surface area contributed by atoms with E-state index in [4.69, 9.17) is 0 Å². The van der Waals surface area contributed by atoms with Gasteiger partial charge in [0.25, 0.3) is 0 Å². The molecule has 0 amide bonds. The van der Waals surface area contributed by atoms with E-state index in [0.29, 0.717) is 11.0 Å². The van der Waals surface area contributed by atoms with Crippen molar-refractivity contribution in [2.24, 2.45) is 0 Å². The number of aromatic nitrogens is 2. The van der Waals surface area contributed by atoms with Gasteiger partial charge < -0.3 is 0 Å². The molecular weight excluding hydrogens is 330 g/mol. The highest BCUT2D eigenvalue weighted by Crippen LogP contribution is 2.31. The summed E-state index contributed by atoms with van der Waals surface area (Å²) in [5.41, 5.74) is 3.35. The minimum absolute atomic E-state index is 0.188. The first-order valence-corrected chi connectivity index (χ1v) is 9.68. The van der Waals surface area contributed by atoms with Gasteiger partial charge in [-0.25, -0.2) is 13.1 Å². The summed E-state index contributed by atoms with van der Waals surface area (Å²) in [4.78, 5) is 0.201. The van der Waals surface area contributed by atoms with Gasteiger partial charge in [-0.1, -0.05) is 30.3 Å². The Morgan fingerprint density at radius 3 is 2.87 bits per heavy atom. The molecule has 2 aromatic carbocycles. The highest BCUT2D eigenvalue weighted by Gasteiger charge is 2.27. The molecule has 118 valence electrons. The number of rotatable bonds is 3. The van der Waals surface area contributed by atoms with E-state index in [1.54, 1.807) is 18.2 Å². The molecule has 1 aliphatic carbocycles. The van der Waals surface area contributed by atoms with Gasteiger partial charge in [0.2, 0.25) is 10.0 Å². The Labute approximate surface area is 138 Å². The van der Waals surface area contributed by atoms with E-state index in [9.17, 15) is 8.42 Å². The van der Waals surface area contributed by atoms with Crippen LogP contribution in [-0.4, -0.2) is 17.2 Å². The first kappa shape index (κ1) is 14.7. The van der Waals surface area contributed by atoms with Crippen LogP contribution in [0.4, 0.5) is 0 Å². The first-order valence-electron chi connectivity index (χ1n) is 7.46. The van der Waals surface area contributed by atoms with Crippen molar-refractivity contribution in [3.8, 4) is 0 Å². The zero-order valence-electron chi connectivity index (χ0n) is 12.3. The summed E-state index contributed by atoms with van der Waals surface area (Å²) in [6.07, 6.45) is 2.79. The van der Waals surface area contributed by atoms with Crippen LogP contribution in [0.5, 0.6) is 0 Å². The van der Waals surface area contributed by atoms with Crippen LogP contribution in [0.2, 0.25) is 0 Å². The lowest BCUT2D eigenvalue weighted by Gasteiger charge is -2.26. The smallest absolute Gasteiger partial charge is 0.207 e. The fourth-order valence-corrected chi connectivity index (χ4v) is 5.14. The third kappa shape index (κ3) is 2.65. The number of aryl methyl sites for hydroxylation is 1. The van der Waals surface area contributed by atoms with E-state index < -0.39 is 10.0 Å². The fourth-order valence-electron chi connectivity index (χ4n) is 3.13. The number of hydrogen-bond acceptors (Lipinski definition) is 5. The summed E-state index contributed by atoms with van der Waals surface area (Å²) >= 11 is 1.03. The van der Waals surface area contributed by atoms with Gasteiger partial charge in [-0.3, -0.25) is 0 Å². The first-order chi connectivity index (χ1) is 11.1. The average Bonchev–Trinajstić information content (AvgIpc) is 3.03. The summed E-state index contributed by atoms with van der Waals surface area (Å²) in [5, 5.41) is 0. The van der Waals surface area contributed by atoms with E-state index in [2.05, 4.69) is 19.5 Å². The van der Waals surface area contributed by atoms with E-state index >= 15 is 0 Å². The maximum atomic E-state index is 12.8. The molecule has 0 saturated carbocycles. The summed E-state index contributed by atoms with van der Waals surface area (Å²) in [6.45, 7) is 0. The highest BCUT2D eigenvalue weighted by atomic mass is 32.2. The maximum Gasteiger partial charge on any atom is 0.243 e. The molecule has 1 aliphatic rings. The van der Waals surface area contributed by atoms with Crippen molar-refractivity contribution in [2.45, 2.75) is 30.2 Å². The quantitative estimate of drug-likeness (QED) is 0.792. The lowest BCUT2D eigenvalue weighted by molar-refractivity contribution is 0.508. The molecule has 1 heterocycles. The predicted octanol–water partition coefficient (Wildman–Crippen LogP) is 3.05. The van der Waals surface area contributed by atoms with E-state index in [-0.39, 0.29) is 10.9 Å². The van der Waals surface area contributed by atoms with Gasteiger partial charge >= 0.3 is 0 Å². The second-order valence-electron chi connectivity index (χ2n) is 5.65. The van der Waals surface area contributed by atoms with Gasteiger partial charge in [0, 0.05) is 6.04 Å². The molecule has 0 bridgehead atoms. The largest absolute Gasteiger partial charge is 0.243 e. The third-order valence-corrected chi connectivity index (χ3v) is 6.25. The molecule has 5 nitrogen and oxygen atoms in total. The van der Waals surface area contributed by atoms with Crippen molar-refractivity contribution >= 4 is 32.8 Å². The Morgan fingerprint density at radius 1 is 1.09 bits per heavy atom. The van der Waals surface area contributed by atoms with Crippen LogP contribution in [-0.2, 0) is 16.4 Å². The van der Waals surface area contributed by atoms with Gasteiger partial charge in [0.15, 0.2) is 0 Å². The molecule has 0 spiro atoms. The molecule has 23 heavy (non-hydrogen) atoms. The van der Waals surface area contributed by atoms with E-state index in [1.165, 1.54) is 5.56 Å². The lowest BCUT2D eigenvalue weighted by Crippen LogP contribution is -2.31. The summed E-state index contributed by atoms with van der Waals surface area (Å²) < 4.78 is 36.8. The minimum Gasteiger partial charge on any atom is -0.207 e. The van der Waals surface area contributed by atoms with Crippen LogP contribution in [0.25, 0.3) is 11.0 Å².